The smallest absolute Gasteiger partial charge is 0.218 e. The second-order valence-corrected chi connectivity index (χ2v) is 5.99. The van der Waals surface area contributed by atoms with E-state index in [1.807, 2.05) is 0 Å². The van der Waals surface area contributed by atoms with Gasteiger partial charge in [0.1, 0.15) is 0 Å². The minimum atomic E-state index is -0.609. The Bertz CT molecular complexity index is 626. The maximum absolute atomic E-state index is 12.4. The van der Waals surface area contributed by atoms with Gasteiger partial charge in [0.05, 0.1) is 18.8 Å². The largest absolute Gasteiger partial charge is 0.363 e. The molecule has 20 heavy (non-hydrogen) atoms. The van der Waals surface area contributed by atoms with Gasteiger partial charge in [0, 0.05) is 24.1 Å². The van der Waals surface area contributed by atoms with Gasteiger partial charge in [0.25, 0.3) is 0 Å². The Labute approximate surface area is 117 Å². The second kappa shape index (κ2) is 3.71. The average Bonchev–Trinajstić information content (AvgIpc) is 3.08. The molecule has 2 bridgehead atoms. The van der Waals surface area contributed by atoms with Crippen molar-refractivity contribution in [2.24, 2.45) is 11.8 Å². The zero-order valence-electron chi connectivity index (χ0n) is 10.9. The molecule has 3 fully saturated rings. The van der Waals surface area contributed by atoms with Crippen molar-refractivity contribution in [3.8, 4) is 0 Å². The molecular formula is C16H15NO3. The number of Topliss-reactive ketones (excluding diaryl/α,β-unsaturated/α-hetero) is 1. The van der Waals surface area contributed by atoms with E-state index < -0.39 is 6.29 Å². The average molecular weight is 269 g/mol. The van der Waals surface area contributed by atoms with Crippen LogP contribution in [0.15, 0.2) is 30.3 Å². The Hall–Kier alpha value is -1.65. The van der Waals surface area contributed by atoms with E-state index in [1.54, 1.807) is 0 Å². The van der Waals surface area contributed by atoms with Crippen LogP contribution in [0, 0.1) is 11.8 Å². The van der Waals surface area contributed by atoms with Crippen molar-refractivity contribution in [2.75, 3.05) is 18.1 Å². The second-order valence-electron chi connectivity index (χ2n) is 5.99. The molecule has 3 saturated heterocycles. The van der Waals surface area contributed by atoms with Gasteiger partial charge in [0.2, 0.25) is 6.29 Å². The summed E-state index contributed by atoms with van der Waals surface area (Å²) in [5.74, 6) is 0.400. The first-order chi connectivity index (χ1) is 9.83. The van der Waals surface area contributed by atoms with Crippen LogP contribution in [-0.2, 0) is 14.3 Å². The van der Waals surface area contributed by atoms with Crippen molar-refractivity contribution >= 4 is 17.5 Å². The van der Waals surface area contributed by atoms with E-state index >= 15 is 0 Å². The zero-order chi connectivity index (χ0) is 13.3. The molecule has 0 N–H and O–H groups in total. The lowest BCUT2D eigenvalue weighted by Gasteiger charge is -2.34. The SMILES string of the molecule is O=C1[C@@H]2OC[C@H](O2)[C@@H]2[C@H]3C=Cc4ccccc4N3C[C@@H]12. The molecule has 1 aromatic carbocycles. The van der Waals surface area contributed by atoms with Crippen molar-refractivity contribution < 1.29 is 14.3 Å². The van der Waals surface area contributed by atoms with Gasteiger partial charge >= 0.3 is 0 Å². The number of ether oxygens (including phenoxy) is 2. The summed E-state index contributed by atoms with van der Waals surface area (Å²) >= 11 is 0. The highest BCUT2D eigenvalue weighted by Gasteiger charge is 2.57. The standard InChI is InChI=1S/C16H15NO3/c18-15-10-7-17-11-4-2-1-3-9(11)5-6-12(17)14(10)13-8-19-16(15)20-13/h1-6,10,12-14,16H,7-8H2/t10-,12-,13+,14+,16-/m1/s1. The number of para-hydroxylation sites is 1. The number of anilines is 1. The number of benzene rings is 1. The lowest BCUT2D eigenvalue weighted by Crippen LogP contribution is -2.45. The maximum atomic E-state index is 12.4. The summed E-state index contributed by atoms with van der Waals surface area (Å²) in [7, 11) is 0. The summed E-state index contributed by atoms with van der Waals surface area (Å²) in [5.41, 5.74) is 2.47. The molecule has 0 saturated carbocycles. The molecule has 5 rings (SSSR count). The quantitative estimate of drug-likeness (QED) is 0.715. The van der Waals surface area contributed by atoms with E-state index in [4.69, 9.17) is 9.47 Å². The molecule has 0 aromatic heterocycles. The van der Waals surface area contributed by atoms with Gasteiger partial charge in [-0.1, -0.05) is 30.4 Å². The third kappa shape index (κ3) is 1.26. The van der Waals surface area contributed by atoms with Crippen molar-refractivity contribution in [3.05, 3.63) is 35.9 Å². The molecule has 102 valence electrons. The monoisotopic (exact) mass is 269 g/mol. The van der Waals surface area contributed by atoms with E-state index in [9.17, 15) is 4.79 Å². The molecule has 4 heteroatoms. The van der Waals surface area contributed by atoms with Crippen molar-refractivity contribution in [2.45, 2.75) is 18.4 Å². The summed E-state index contributed by atoms with van der Waals surface area (Å²) in [6, 6.07) is 8.63. The van der Waals surface area contributed by atoms with E-state index in [0.29, 0.717) is 6.61 Å². The van der Waals surface area contributed by atoms with Crippen LogP contribution in [0.4, 0.5) is 5.69 Å². The molecule has 0 aliphatic carbocycles. The number of hydrogen-bond donors (Lipinski definition) is 0. The van der Waals surface area contributed by atoms with E-state index in [2.05, 4.69) is 41.3 Å². The van der Waals surface area contributed by atoms with Crippen LogP contribution >= 0.6 is 0 Å². The number of nitrogens with zero attached hydrogens (tertiary/aromatic N) is 1. The van der Waals surface area contributed by atoms with Gasteiger partial charge in [-0.2, -0.15) is 0 Å². The third-order valence-electron chi connectivity index (χ3n) is 5.07. The highest BCUT2D eigenvalue weighted by molar-refractivity contribution is 5.88. The summed E-state index contributed by atoms with van der Waals surface area (Å²) in [6.07, 6.45) is 3.85. The van der Waals surface area contributed by atoms with E-state index in [0.717, 1.165) is 6.54 Å². The Kier molecular flexibility index (Phi) is 2.05. The van der Waals surface area contributed by atoms with E-state index in [-0.39, 0.29) is 29.8 Å². The van der Waals surface area contributed by atoms with Crippen molar-refractivity contribution in [1.29, 1.82) is 0 Å². The number of rotatable bonds is 0. The fraction of sp³-hybridized carbons (Fsp3) is 0.438. The Balaban J connectivity index is 1.60. The highest BCUT2D eigenvalue weighted by atomic mass is 16.7. The Morgan fingerprint density at radius 1 is 1.25 bits per heavy atom. The number of carbonyl (C=O) groups is 1. The predicted octanol–water partition coefficient (Wildman–Crippen LogP) is 1.46. The first-order valence-corrected chi connectivity index (χ1v) is 7.17. The lowest BCUT2D eigenvalue weighted by atomic mass is 9.81. The fourth-order valence-corrected chi connectivity index (χ4v) is 4.19. The van der Waals surface area contributed by atoms with Crippen LogP contribution in [0.2, 0.25) is 0 Å². The predicted molar refractivity (Wildman–Crippen MR) is 73.2 cm³/mol. The van der Waals surface area contributed by atoms with Crippen LogP contribution in [0.25, 0.3) is 6.08 Å². The molecule has 1 aromatic rings. The summed E-state index contributed by atoms with van der Waals surface area (Å²) in [5, 5.41) is 0. The lowest BCUT2D eigenvalue weighted by molar-refractivity contribution is -0.162. The third-order valence-corrected chi connectivity index (χ3v) is 5.07. The number of hydrogen-bond acceptors (Lipinski definition) is 4. The molecule has 0 amide bonds. The normalized spacial score (nSPS) is 40.5. The van der Waals surface area contributed by atoms with Crippen molar-refractivity contribution in [3.63, 3.8) is 0 Å². The number of ketones is 1. The Morgan fingerprint density at radius 3 is 3.10 bits per heavy atom. The molecule has 0 spiro atoms. The molecule has 5 atom stereocenters. The molecule has 4 aliphatic rings. The van der Waals surface area contributed by atoms with Gasteiger partial charge in [-0.05, 0) is 11.6 Å². The van der Waals surface area contributed by atoms with Gasteiger partial charge in [0.15, 0.2) is 5.78 Å². The van der Waals surface area contributed by atoms with Gasteiger partial charge < -0.3 is 14.4 Å². The van der Waals surface area contributed by atoms with E-state index in [1.165, 1.54) is 11.3 Å². The van der Waals surface area contributed by atoms with Crippen LogP contribution < -0.4 is 4.90 Å². The summed E-state index contributed by atoms with van der Waals surface area (Å²) < 4.78 is 11.2. The van der Waals surface area contributed by atoms with Gasteiger partial charge in [-0.3, -0.25) is 4.79 Å². The molecule has 4 nitrogen and oxygen atoms in total. The molecule has 4 aliphatic heterocycles. The van der Waals surface area contributed by atoms with Crippen molar-refractivity contribution in [1.82, 2.24) is 0 Å². The summed E-state index contributed by atoms with van der Waals surface area (Å²) in [6.45, 7) is 1.34. The van der Waals surface area contributed by atoms with Gasteiger partial charge in [-0.15, -0.1) is 0 Å². The van der Waals surface area contributed by atoms with Crippen LogP contribution in [0.3, 0.4) is 0 Å². The maximum Gasteiger partial charge on any atom is 0.218 e. The molecule has 0 unspecified atom stereocenters. The number of fused-ring (bicyclic) bond motifs is 8. The minimum absolute atomic E-state index is 0.0436. The first-order valence-electron chi connectivity index (χ1n) is 7.17. The first kappa shape index (κ1) is 11.1. The molecular weight excluding hydrogens is 254 g/mol. The van der Waals surface area contributed by atoms with Crippen LogP contribution in [0.1, 0.15) is 5.56 Å². The zero-order valence-corrected chi connectivity index (χ0v) is 10.9. The number of carbonyl (C=O) groups excluding carboxylic acids is 1. The van der Waals surface area contributed by atoms with Gasteiger partial charge in [-0.25, -0.2) is 0 Å². The highest BCUT2D eigenvalue weighted by Crippen LogP contribution is 2.46. The molecule has 4 heterocycles. The molecule has 0 radical (unpaired) electrons. The van der Waals surface area contributed by atoms with Crippen LogP contribution in [0.5, 0.6) is 0 Å². The minimum Gasteiger partial charge on any atom is -0.363 e. The Morgan fingerprint density at radius 2 is 2.15 bits per heavy atom. The topological polar surface area (TPSA) is 38.8 Å². The fourth-order valence-electron chi connectivity index (χ4n) is 4.19. The van der Waals surface area contributed by atoms with Crippen LogP contribution in [-0.4, -0.2) is 37.4 Å². The summed E-state index contributed by atoms with van der Waals surface area (Å²) in [4.78, 5) is 14.8.